The van der Waals surface area contributed by atoms with E-state index in [0.717, 1.165) is 12.1 Å². The smallest absolute Gasteiger partial charge is 0.247 e. The van der Waals surface area contributed by atoms with Gasteiger partial charge in [-0.1, -0.05) is 6.92 Å². The molecule has 0 aliphatic heterocycles. The quantitative estimate of drug-likeness (QED) is 0.880. The molecule has 2 aromatic rings. The zero-order valence-corrected chi connectivity index (χ0v) is 13.1. The molecular formula is C16H20N4O2. The van der Waals surface area contributed by atoms with Crippen molar-refractivity contribution >= 4 is 0 Å². The van der Waals surface area contributed by atoms with Gasteiger partial charge in [-0.25, -0.2) is 0 Å². The molecule has 0 unspecified atom stereocenters. The third kappa shape index (κ3) is 4.38. The number of likely N-dealkylation sites (N-methyl/N-ethyl adjacent to an activating group) is 1. The predicted molar refractivity (Wildman–Crippen MR) is 81.7 cm³/mol. The fraction of sp³-hybridized carbons (Fsp3) is 0.438. The molecule has 0 aliphatic carbocycles. The van der Waals surface area contributed by atoms with Crippen molar-refractivity contribution in [3.8, 4) is 17.5 Å². The Morgan fingerprint density at radius 3 is 2.50 bits per heavy atom. The second kappa shape index (κ2) is 6.69. The third-order valence-electron chi connectivity index (χ3n) is 3.14. The SMILES string of the molecule is CCN(Cc1nnc(-c2ccc(C#N)cc2)o1)CC(C)(C)O. The Kier molecular flexibility index (Phi) is 4.91. The second-order valence-electron chi connectivity index (χ2n) is 5.81. The molecule has 116 valence electrons. The van der Waals surface area contributed by atoms with Crippen molar-refractivity contribution in [2.24, 2.45) is 0 Å². The van der Waals surface area contributed by atoms with Crippen molar-refractivity contribution in [2.45, 2.75) is 32.9 Å². The normalized spacial score (nSPS) is 11.6. The molecule has 6 nitrogen and oxygen atoms in total. The van der Waals surface area contributed by atoms with Gasteiger partial charge in [-0.3, -0.25) is 4.90 Å². The van der Waals surface area contributed by atoms with E-state index >= 15 is 0 Å². The summed E-state index contributed by atoms with van der Waals surface area (Å²) in [5.74, 6) is 0.935. The van der Waals surface area contributed by atoms with E-state index in [2.05, 4.69) is 16.3 Å². The minimum Gasteiger partial charge on any atom is -0.419 e. The summed E-state index contributed by atoms with van der Waals surface area (Å²) in [5, 5.41) is 26.8. The first-order chi connectivity index (χ1) is 10.4. The number of hydrogen-bond acceptors (Lipinski definition) is 6. The average Bonchev–Trinajstić information content (AvgIpc) is 2.93. The van der Waals surface area contributed by atoms with Crippen LogP contribution in [0.5, 0.6) is 0 Å². The summed E-state index contributed by atoms with van der Waals surface area (Å²) in [7, 11) is 0. The predicted octanol–water partition coefficient (Wildman–Crippen LogP) is 2.20. The van der Waals surface area contributed by atoms with Crippen LogP contribution in [0.1, 0.15) is 32.2 Å². The van der Waals surface area contributed by atoms with E-state index in [1.807, 2.05) is 11.8 Å². The van der Waals surface area contributed by atoms with E-state index in [9.17, 15) is 5.11 Å². The minimum atomic E-state index is -0.772. The van der Waals surface area contributed by atoms with Gasteiger partial charge in [-0.05, 0) is 44.7 Å². The third-order valence-corrected chi connectivity index (χ3v) is 3.14. The van der Waals surface area contributed by atoms with Crippen LogP contribution in [0, 0.1) is 11.3 Å². The van der Waals surface area contributed by atoms with E-state index in [1.165, 1.54) is 0 Å². The summed E-state index contributed by atoms with van der Waals surface area (Å²) in [4.78, 5) is 2.04. The lowest BCUT2D eigenvalue weighted by atomic mass is 10.1. The maximum atomic E-state index is 9.90. The first kappa shape index (κ1) is 16.1. The highest BCUT2D eigenvalue weighted by molar-refractivity contribution is 5.54. The highest BCUT2D eigenvalue weighted by Gasteiger charge is 2.19. The second-order valence-corrected chi connectivity index (χ2v) is 5.81. The maximum Gasteiger partial charge on any atom is 0.247 e. The number of benzene rings is 1. The topological polar surface area (TPSA) is 86.2 Å². The Balaban J connectivity index is 2.08. The van der Waals surface area contributed by atoms with Gasteiger partial charge in [0.15, 0.2) is 0 Å². The van der Waals surface area contributed by atoms with Crippen LogP contribution in [0.3, 0.4) is 0 Å². The van der Waals surface area contributed by atoms with Crippen molar-refractivity contribution in [1.82, 2.24) is 15.1 Å². The molecule has 0 amide bonds. The Labute approximate surface area is 130 Å². The molecule has 0 spiro atoms. The van der Waals surface area contributed by atoms with E-state index in [0.29, 0.717) is 30.4 Å². The summed E-state index contributed by atoms with van der Waals surface area (Å²) in [6.45, 7) is 7.35. The highest BCUT2D eigenvalue weighted by atomic mass is 16.4. The number of aliphatic hydroxyl groups is 1. The average molecular weight is 300 g/mol. The molecule has 1 aromatic carbocycles. The molecule has 0 atom stereocenters. The molecule has 1 aromatic heterocycles. The van der Waals surface area contributed by atoms with Crippen molar-refractivity contribution in [3.05, 3.63) is 35.7 Å². The maximum absolute atomic E-state index is 9.90. The largest absolute Gasteiger partial charge is 0.419 e. The lowest BCUT2D eigenvalue weighted by Crippen LogP contribution is -2.38. The number of nitrogens with zero attached hydrogens (tertiary/aromatic N) is 4. The molecule has 0 bridgehead atoms. The zero-order chi connectivity index (χ0) is 16.2. The molecule has 0 radical (unpaired) electrons. The van der Waals surface area contributed by atoms with E-state index in [-0.39, 0.29) is 0 Å². The van der Waals surface area contributed by atoms with Crippen LogP contribution < -0.4 is 0 Å². The Morgan fingerprint density at radius 1 is 1.27 bits per heavy atom. The number of hydrogen-bond donors (Lipinski definition) is 1. The molecule has 6 heteroatoms. The van der Waals surface area contributed by atoms with Gasteiger partial charge >= 0.3 is 0 Å². The molecule has 0 saturated heterocycles. The molecule has 2 rings (SSSR count). The summed E-state index contributed by atoms with van der Waals surface area (Å²) < 4.78 is 5.66. The van der Waals surface area contributed by atoms with Crippen molar-refractivity contribution in [3.63, 3.8) is 0 Å². The Bertz CT molecular complexity index is 650. The fourth-order valence-corrected chi connectivity index (χ4v) is 2.14. The summed E-state index contributed by atoms with van der Waals surface area (Å²) in [6.07, 6.45) is 0. The highest BCUT2D eigenvalue weighted by Crippen LogP contribution is 2.19. The molecule has 0 aliphatic rings. The number of aromatic nitrogens is 2. The van der Waals surface area contributed by atoms with Gasteiger partial charge in [-0.15, -0.1) is 10.2 Å². The Hall–Kier alpha value is -2.23. The summed E-state index contributed by atoms with van der Waals surface area (Å²) >= 11 is 0. The van der Waals surface area contributed by atoms with Crippen LogP contribution in [0.4, 0.5) is 0 Å². The number of rotatable bonds is 6. The van der Waals surface area contributed by atoms with Crippen molar-refractivity contribution in [2.75, 3.05) is 13.1 Å². The van der Waals surface area contributed by atoms with Crippen LogP contribution >= 0.6 is 0 Å². The Morgan fingerprint density at radius 2 is 1.95 bits per heavy atom. The van der Waals surface area contributed by atoms with E-state index < -0.39 is 5.60 Å². The monoisotopic (exact) mass is 300 g/mol. The van der Waals surface area contributed by atoms with Crippen LogP contribution in [0.2, 0.25) is 0 Å². The summed E-state index contributed by atoms with van der Waals surface area (Å²) in [5.41, 5.74) is 0.598. The fourth-order valence-electron chi connectivity index (χ4n) is 2.14. The van der Waals surface area contributed by atoms with Crippen molar-refractivity contribution < 1.29 is 9.52 Å². The standard InChI is InChI=1S/C16H20N4O2/c1-4-20(11-16(2,3)21)10-14-18-19-15(22-14)13-7-5-12(9-17)6-8-13/h5-8,21H,4,10-11H2,1-3H3. The van der Waals surface area contributed by atoms with Crippen LogP contribution in [0.25, 0.3) is 11.5 Å². The van der Waals surface area contributed by atoms with E-state index in [1.54, 1.807) is 38.1 Å². The van der Waals surface area contributed by atoms with Crippen LogP contribution in [0.15, 0.2) is 28.7 Å². The lowest BCUT2D eigenvalue weighted by molar-refractivity contribution is 0.0329. The molecule has 1 heterocycles. The number of nitriles is 1. The molecule has 0 saturated carbocycles. The van der Waals surface area contributed by atoms with Gasteiger partial charge in [0.25, 0.3) is 0 Å². The van der Waals surface area contributed by atoms with Gasteiger partial charge in [-0.2, -0.15) is 5.26 Å². The molecule has 22 heavy (non-hydrogen) atoms. The van der Waals surface area contributed by atoms with Gasteiger partial charge < -0.3 is 9.52 Å². The minimum absolute atomic E-state index is 0.429. The van der Waals surface area contributed by atoms with Gasteiger partial charge in [0.2, 0.25) is 11.8 Å². The lowest BCUT2D eigenvalue weighted by Gasteiger charge is -2.26. The van der Waals surface area contributed by atoms with E-state index in [4.69, 9.17) is 9.68 Å². The zero-order valence-electron chi connectivity index (χ0n) is 13.1. The molecule has 1 N–H and O–H groups in total. The molecule has 0 fully saturated rings. The van der Waals surface area contributed by atoms with Gasteiger partial charge in [0.05, 0.1) is 23.8 Å². The molecular weight excluding hydrogens is 280 g/mol. The van der Waals surface area contributed by atoms with Crippen molar-refractivity contribution in [1.29, 1.82) is 5.26 Å². The summed E-state index contributed by atoms with van der Waals surface area (Å²) in [6, 6.07) is 9.06. The van der Waals surface area contributed by atoms with Crippen LogP contribution in [-0.2, 0) is 6.54 Å². The first-order valence-corrected chi connectivity index (χ1v) is 7.19. The first-order valence-electron chi connectivity index (χ1n) is 7.19. The van der Waals surface area contributed by atoms with Crippen LogP contribution in [-0.4, -0.2) is 38.9 Å². The van der Waals surface area contributed by atoms with Gasteiger partial charge in [0, 0.05) is 12.1 Å². The van der Waals surface area contributed by atoms with Gasteiger partial charge in [0.1, 0.15) is 0 Å².